The van der Waals surface area contributed by atoms with E-state index in [-0.39, 0.29) is 0 Å². The van der Waals surface area contributed by atoms with Gasteiger partial charge in [0.05, 0.1) is 13.2 Å². The summed E-state index contributed by atoms with van der Waals surface area (Å²) in [5.74, 6) is 1.19. The molecule has 3 rings (SSSR count). The van der Waals surface area contributed by atoms with Crippen molar-refractivity contribution in [2.45, 2.75) is 19.4 Å². The molecule has 0 spiro atoms. The van der Waals surface area contributed by atoms with Crippen LogP contribution in [0.1, 0.15) is 18.4 Å². The van der Waals surface area contributed by atoms with E-state index >= 15 is 0 Å². The monoisotopic (exact) mass is 334 g/mol. The Bertz CT molecular complexity index is 491. The molecular weight excluding hydrogens is 308 g/mol. The van der Waals surface area contributed by atoms with Gasteiger partial charge in [-0.1, -0.05) is 17.8 Å². The van der Waals surface area contributed by atoms with Crippen LogP contribution in [0.2, 0.25) is 0 Å². The molecule has 6 heteroatoms. The first-order valence-electron chi connectivity index (χ1n) is 8.53. The standard InChI is InChI=1S/C17H26N4OS/c1-4-16(14-18-5-1)15-21(17-19-6-2-13-23-17)8-3-7-20-9-11-22-12-10-20/h1,4-5,14H,2-3,6-13,15H2. The molecule has 0 N–H and O–H groups in total. The second kappa shape index (κ2) is 9.25. The quantitative estimate of drug-likeness (QED) is 0.797. The first-order valence-corrected chi connectivity index (χ1v) is 9.51. The van der Waals surface area contributed by atoms with E-state index in [1.54, 1.807) is 0 Å². The lowest BCUT2D eigenvalue weighted by Gasteiger charge is -2.30. The second-order valence-electron chi connectivity index (χ2n) is 5.96. The van der Waals surface area contributed by atoms with Gasteiger partial charge >= 0.3 is 0 Å². The minimum atomic E-state index is 0.877. The van der Waals surface area contributed by atoms with E-state index in [9.17, 15) is 0 Å². The van der Waals surface area contributed by atoms with Gasteiger partial charge in [0.1, 0.15) is 0 Å². The number of pyridine rings is 1. The summed E-state index contributed by atoms with van der Waals surface area (Å²) in [5.41, 5.74) is 1.26. The Kier molecular flexibility index (Phi) is 6.73. The Labute approximate surface area is 143 Å². The van der Waals surface area contributed by atoms with E-state index in [4.69, 9.17) is 9.73 Å². The summed E-state index contributed by atoms with van der Waals surface area (Å²) in [6, 6.07) is 4.16. The SMILES string of the molecule is c1cncc(CN(CCCN2CCOCC2)C2=NCCCS2)c1. The predicted octanol–water partition coefficient (Wildman–Crippen LogP) is 2.10. The minimum Gasteiger partial charge on any atom is -0.379 e. The van der Waals surface area contributed by atoms with Gasteiger partial charge < -0.3 is 9.64 Å². The summed E-state index contributed by atoms with van der Waals surface area (Å²) in [6.45, 7) is 7.96. The zero-order valence-corrected chi connectivity index (χ0v) is 14.5. The van der Waals surface area contributed by atoms with Crippen molar-refractivity contribution in [2.24, 2.45) is 4.99 Å². The zero-order chi connectivity index (χ0) is 15.7. The topological polar surface area (TPSA) is 41.0 Å². The van der Waals surface area contributed by atoms with Gasteiger partial charge in [0, 0.05) is 57.4 Å². The van der Waals surface area contributed by atoms with Crippen molar-refractivity contribution in [3.8, 4) is 0 Å². The van der Waals surface area contributed by atoms with Crippen LogP contribution < -0.4 is 0 Å². The molecule has 0 atom stereocenters. The molecular formula is C17H26N4OS. The van der Waals surface area contributed by atoms with Gasteiger partial charge in [-0.3, -0.25) is 14.9 Å². The molecule has 1 fully saturated rings. The molecule has 2 aliphatic heterocycles. The van der Waals surface area contributed by atoms with Crippen molar-refractivity contribution in [3.05, 3.63) is 30.1 Å². The van der Waals surface area contributed by atoms with Crippen LogP contribution in [0.15, 0.2) is 29.5 Å². The van der Waals surface area contributed by atoms with Gasteiger partial charge in [0.25, 0.3) is 0 Å². The largest absolute Gasteiger partial charge is 0.379 e. The molecule has 5 nitrogen and oxygen atoms in total. The van der Waals surface area contributed by atoms with Crippen molar-refractivity contribution in [1.29, 1.82) is 0 Å². The van der Waals surface area contributed by atoms with Crippen molar-refractivity contribution in [3.63, 3.8) is 0 Å². The highest BCUT2D eigenvalue weighted by atomic mass is 32.2. The van der Waals surface area contributed by atoms with E-state index in [2.05, 4.69) is 20.9 Å². The third-order valence-corrected chi connectivity index (χ3v) is 5.29. The van der Waals surface area contributed by atoms with Crippen LogP contribution in [0, 0.1) is 0 Å². The van der Waals surface area contributed by atoms with Crippen molar-refractivity contribution < 1.29 is 4.74 Å². The molecule has 1 saturated heterocycles. The van der Waals surface area contributed by atoms with Crippen LogP contribution in [0.3, 0.4) is 0 Å². The number of morpholine rings is 1. The third kappa shape index (κ3) is 5.48. The molecule has 0 bridgehead atoms. The van der Waals surface area contributed by atoms with Gasteiger partial charge in [0.15, 0.2) is 5.17 Å². The first-order chi connectivity index (χ1) is 11.4. The van der Waals surface area contributed by atoms with E-state index in [0.29, 0.717) is 0 Å². The Morgan fingerprint density at radius 3 is 2.96 bits per heavy atom. The van der Waals surface area contributed by atoms with Crippen LogP contribution in [0.25, 0.3) is 0 Å². The highest BCUT2D eigenvalue weighted by molar-refractivity contribution is 8.13. The number of ether oxygens (including phenoxy) is 1. The molecule has 0 amide bonds. The Hall–Kier alpha value is -1.11. The molecule has 0 aliphatic carbocycles. The average molecular weight is 334 g/mol. The van der Waals surface area contributed by atoms with Gasteiger partial charge in [0.2, 0.25) is 0 Å². The molecule has 2 aliphatic rings. The van der Waals surface area contributed by atoms with Gasteiger partial charge in [-0.05, 0) is 24.5 Å². The fraction of sp³-hybridized carbons (Fsp3) is 0.647. The van der Waals surface area contributed by atoms with Crippen molar-refractivity contribution >= 4 is 16.9 Å². The van der Waals surface area contributed by atoms with Gasteiger partial charge in [-0.2, -0.15) is 0 Å². The van der Waals surface area contributed by atoms with Crippen LogP contribution in [0.5, 0.6) is 0 Å². The molecule has 0 aromatic carbocycles. The van der Waals surface area contributed by atoms with E-state index in [0.717, 1.165) is 52.5 Å². The molecule has 126 valence electrons. The number of aromatic nitrogens is 1. The number of amidine groups is 1. The van der Waals surface area contributed by atoms with Gasteiger partial charge in [-0.25, -0.2) is 0 Å². The smallest absolute Gasteiger partial charge is 0.159 e. The predicted molar refractivity (Wildman–Crippen MR) is 95.9 cm³/mol. The normalized spacial score (nSPS) is 19.4. The van der Waals surface area contributed by atoms with E-state index in [1.807, 2.05) is 30.2 Å². The minimum absolute atomic E-state index is 0.877. The van der Waals surface area contributed by atoms with Crippen LogP contribution >= 0.6 is 11.8 Å². The molecule has 3 heterocycles. The Morgan fingerprint density at radius 2 is 2.22 bits per heavy atom. The molecule has 1 aromatic heterocycles. The average Bonchev–Trinajstić information content (AvgIpc) is 2.63. The first kappa shape index (κ1) is 16.7. The summed E-state index contributed by atoms with van der Waals surface area (Å²) in [6.07, 6.45) is 6.16. The fourth-order valence-electron chi connectivity index (χ4n) is 2.90. The molecule has 0 unspecified atom stereocenters. The maximum Gasteiger partial charge on any atom is 0.159 e. The maximum absolute atomic E-state index is 5.42. The number of thioether (sulfide) groups is 1. The number of aliphatic imine (C=N–C) groups is 1. The highest BCUT2D eigenvalue weighted by Gasteiger charge is 2.16. The highest BCUT2D eigenvalue weighted by Crippen LogP contribution is 2.18. The van der Waals surface area contributed by atoms with E-state index < -0.39 is 0 Å². The van der Waals surface area contributed by atoms with Gasteiger partial charge in [-0.15, -0.1) is 0 Å². The molecule has 1 aromatic rings. The number of rotatable bonds is 6. The Balaban J connectivity index is 1.54. The summed E-state index contributed by atoms with van der Waals surface area (Å²) in [5, 5.41) is 1.21. The third-order valence-electron chi connectivity index (χ3n) is 4.15. The molecule has 0 saturated carbocycles. The van der Waals surface area contributed by atoms with Crippen LogP contribution in [-0.4, -0.2) is 71.6 Å². The fourth-order valence-corrected chi connectivity index (χ4v) is 3.88. The van der Waals surface area contributed by atoms with E-state index in [1.165, 1.54) is 29.3 Å². The Morgan fingerprint density at radius 1 is 1.30 bits per heavy atom. The maximum atomic E-state index is 5.42. The zero-order valence-electron chi connectivity index (χ0n) is 13.7. The molecule has 23 heavy (non-hydrogen) atoms. The lowest BCUT2D eigenvalue weighted by Crippen LogP contribution is -2.39. The van der Waals surface area contributed by atoms with Crippen molar-refractivity contribution in [2.75, 3.05) is 51.7 Å². The lowest BCUT2D eigenvalue weighted by molar-refractivity contribution is 0.0368. The number of hydrogen-bond donors (Lipinski definition) is 0. The van der Waals surface area contributed by atoms with Crippen LogP contribution in [-0.2, 0) is 11.3 Å². The second-order valence-corrected chi connectivity index (χ2v) is 7.02. The summed E-state index contributed by atoms with van der Waals surface area (Å²) < 4.78 is 5.42. The number of hydrogen-bond acceptors (Lipinski definition) is 6. The summed E-state index contributed by atoms with van der Waals surface area (Å²) >= 11 is 1.90. The van der Waals surface area contributed by atoms with Crippen molar-refractivity contribution in [1.82, 2.24) is 14.8 Å². The summed E-state index contributed by atoms with van der Waals surface area (Å²) in [4.78, 5) is 13.9. The lowest BCUT2D eigenvalue weighted by atomic mass is 10.2. The van der Waals surface area contributed by atoms with Crippen LogP contribution in [0.4, 0.5) is 0 Å². The summed E-state index contributed by atoms with van der Waals surface area (Å²) in [7, 11) is 0. The number of nitrogens with zero attached hydrogens (tertiary/aromatic N) is 4. The molecule has 0 radical (unpaired) electrons.